The molecule has 1 aliphatic rings. The molecule has 0 saturated carbocycles. The van der Waals surface area contributed by atoms with Crippen LogP contribution in [0.5, 0.6) is 0 Å². The largest absolute Gasteiger partial charge is 0.341 e. The maximum absolute atomic E-state index is 11.4. The molecule has 88 valence electrons. The van der Waals surface area contributed by atoms with Crippen LogP contribution in [-0.4, -0.2) is 54.3 Å². The topological polar surface area (TPSA) is 23.6 Å². The lowest BCUT2D eigenvalue weighted by atomic mass is 10.1. The third kappa shape index (κ3) is 3.65. The molecule has 0 aromatic rings. The zero-order chi connectivity index (χ0) is 11.4. The van der Waals surface area contributed by atoms with Gasteiger partial charge in [0, 0.05) is 25.7 Å². The number of rotatable bonds is 4. The molecule has 0 bridgehead atoms. The monoisotopic (exact) mass is 232 g/mol. The van der Waals surface area contributed by atoms with Gasteiger partial charge in [-0.1, -0.05) is 0 Å². The SMILES string of the molecule is CC(C)N(C)CC1CCN(C(=O)CCl)C1. The summed E-state index contributed by atoms with van der Waals surface area (Å²) in [6, 6.07) is 0.572. The molecule has 1 atom stereocenters. The van der Waals surface area contributed by atoms with Gasteiger partial charge in [0.15, 0.2) is 0 Å². The van der Waals surface area contributed by atoms with Gasteiger partial charge in [-0.25, -0.2) is 0 Å². The zero-order valence-corrected chi connectivity index (χ0v) is 10.6. The minimum atomic E-state index is 0.0753. The Balaban J connectivity index is 2.33. The molecule has 1 rings (SSSR count). The highest BCUT2D eigenvalue weighted by Crippen LogP contribution is 2.18. The van der Waals surface area contributed by atoms with E-state index in [0.717, 1.165) is 26.1 Å². The first kappa shape index (κ1) is 12.8. The Morgan fingerprint density at radius 2 is 2.27 bits per heavy atom. The van der Waals surface area contributed by atoms with Crippen molar-refractivity contribution in [3.8, 4) is 0 Å². The molecule has 0 aromatic heterocycles. The third-order valence-corrected chi connectivity index (χ3v) is 3.41. The van der Waals surface area contributed by atoms with Crippen molar-refractivity contribution in [3.05, 3.63) is 0 Å². The first-order valence-corrected chi connectivity index (χ1v) is 6.12. The van der Waals surface area contributed by atoms with E-state index < -0.39 is 0 Å². The molecule has 0 spiro atoms. The average molecular weight is 233 g/mol. The van der Waals surface area contributed by atoms with E-state index in [1.807, 2.05) is 4.90 Å². The smallest absolute Gasteiger partial charge is 0.237 e. The fourth-order valence-electron chi connectivity index (χ4n) is 1.91. The highest BCUT2D eigenvalue weighted by molar-refractivity contribution is 6.27. The van der Waals surface area contributed by atoms with Crippen molar-refractivity contribution in [1.29, 1.82) is 0 Å². The number of nitrogens with zero attached hydrogens (tertiary/aromatic N) is 2. The van der Waals surface area contributed by atoms with Crippen LogP contribution in [0.1, 0.15) is 20.3 Å². The van der Waals surface area contributed by atoms with Crippen LogP contribution in [0.3, 0.4) is 0 Å². The van der Waals surface area contributed by atoms with E-state index in [4.69, 9.17) is 11.6 Å². The lowest BCUT2D eigenvalue weighted by molar-refractivity contribution is -0.127. The highest BCUT2D eigenvalue weighted by Gasteiger charge is 2.26. The molecule has 4 heteroatoms. The second-order valence-corrected chi connectivity index (χ2v) is 4.93. The van der Waals surface area contributed by atoms with Crippen LogP contribution in [0.25, 0.3) is 0 Å². The predicted octanol–water partition coefficient (Wildman–Crippen LogP) is 1.41. The molecule has 3 nitrogen and oxygen atoms in total. The maximum Gasteiger partial charge on any atom is 0.237 e. The van der Waals surface area contributed by atoms with Gasteiger partial charge >= 0.3 is 0 Å². The zero-order valence-electron chi connectivity index (χ0n) is 9.87. The summed E-state index contributed by atoms with van der Waals surface area (Å²) in [6.07, 6.45) is 1.11. The first-order valence-electron chi connectivity index (χ1n) is 5.58. The van der Waals surface area contributed by atoms with Gasteiger partial charge in [-0.3, -0.25) is 4.79 Å². The minimum absolute atomic E-state index is 0.0753. The lowest BCUT2D eigenvalue weighted by Gasteiger charge is -2.24. The van der Waals surface area contributed by atoms with E-state index in [0.29, 0.717) is 12.0 Å². The van der Waals surface area contributed by atoms with Crippen LogP contribution in [0, 0.1) is 5.92 Å². The van der Waals surface area contributed by atoms with Gasteiger partial charge < -0.3 is 9.80 Å². The number of hydrogen-bond acceptors (Lipinski definition) is 2. The molecule has 0 radical (unpaired) electrons. The Morgan fingerprint density at radius 1 is 1.60 bits per heavy atom. The molecule has 0 N–H and O–H groups in total. The molecule has 15 heavy (non-hydrogen) atoms. The standard InChI is InChI=1S/C11H21ClN2O/c1-9(2)13(3)7-10-4-5-14(8-10)11(15)6-12/h9-10H,4-8H2,1-3H3. The molecule has 0 aliphatic carbocycles. The number of carbonyl (C=O) groups excluding carboxylic acids is 1. The van der Waals surface area contributed by atoms with Crippen LogP contribution < -0.4 is 0 Å². The van der Waals surface area contributed by atoms with Crippen molar-refractivity contribution in [2.45, 2.75) is 26.3 Å². The maximum atomic E-state index is 11.4. The number of halogens is 1. The van der Waals surface area contributed by atoms with Crippen LogP contribution >= 0.6 is 11.6 Å². The Morgan fingerprint density at radius 3 is 2.80 bits per heavy atom. The Hall–Kier alpha value is -0.280. The molecule has 1 unspecified atom stereocenters. The molecule has 1 saturated heterocycles. The quantitative estimate of drug-likeness (QED) is 0.685. The molecule has 1 amide bonds. The van der Waals surface area contributed by atoms with Crippen LogP contribution in [0.4, 0.5) is 0 Å². The molecule has 0 aromatic carbocycles. The summed E-state index contributed by atoms with van der Waals surface area (Å²) < 4.78 is 0. The summed E-state index contributed by atoms with van der Waals surface area (Å²) in [4.78, 5) is 15.6. The van der Waals surface area contributed by atoms with Crippen molar-refractivity contribution < 1.29 is 4.79 Å². The number of hydrogen-bond donors (Lipinski definition) is 0. The average Bonchev–Trinajstić information content (AvgIpc) is 2.65. The van der Waals surface area contributed by atoms with E-state index in [1.165, 1.54) is 0 Å². The Bertz CT molecular complexity index is 221. The lowest BCUT2D eigenvalue weighted by Crippen LogP contribution is -2.34. The van der Waals surface area contributed by atoms with E-state index >= 15 is 0 Å². The normalized spacial score (nSPS) is 21.7. The van der Waals surface area contributed by atoms with Crippen molar-refractivity contribution in [3.63, 3.8) is 0 Å². The van der Waals surface area contributed by atoms with Gasteiger partial charge in [0.05, 0.1) is 0 Å². The summed E-state index contributed by atoms with van der Waals surface area (Å²) in [7, 11) is 2.14. The second kappa shape index (κ2) is 5.71. The van der Waals surface area contributed by atoms with Gasteiger partial charge in [-0.15, -0.1) is 11.6 Å². The van der Waals surface area contributed by atoms with Crippen molar-refractivity contribution in [2.24, 2.45) is 5.92 Å². The Kier molecular flexibility index (Phi) is 4.87. The van der Waals surface area contributed by atoms with Gasteiger partial charge in [0.1, 0.15) is 5.88 Å². The van der Waals surface area contributed by atoms with Gasteiger partial charge in [0.25, 0.3) is 0 Å². The molecule has 1 fully saturated rings. The van der Waals surface area contributed by atoms with Gasteiger partial charge in [-0.05, 0) is 33.2 Å². The van der Waals surface area contributed by atoms with Gasteiger partial charge in [-0.2, -0.15) is 0 Å². The van der Waals surface area contributed by atoms with Gasteiger partial charge in [0.2, 0.25) is 5.91 Å². The fraction of sp³-hybridized carbons (Fsp3) is 0.909. The number of alkyl halides is 1. The number of carbonyl (C=O) groups is 1. The highest BCUT2D eigenvalue weighted by atomic mass is 35.5. The summed E-state index contributed by atoms with van der Waals surface area (Å²) in [5, 5.41) is 0. The molecule has 1 heterocycles. The molecule has 1 aliphatic heterocycles. The summed E-state index contributed by atoms with van der Waals surface area (Å²) in [5.74, 6) is 0.808. The number of amides is 1. The van der Waals surface area contributed by atoms with E-state index in [1.54, 1.807) is 0 Å². The second-order valence-electron chi connectivity index (χ2n) is 4.66. The third-order valence-electron chi connectivity index (χ3n) is 3.18. The summed E-state index contributed by atoms with van der Waals surface area (Å²) >= 11 is 5.53. The van der Waals surface area contributed by atoms with Crippen LogP contribution in [0.15, 0.2) is 0 Å². The van der Waals surface area contributed by atoms with E-state index in [2.05, 4.69) is 25.8 Å². The summed E-state index contributed by atoms with van der Waals surface area (Å²) in [6.45, 7) is 7.21. The predicted molar refractivity (Wildman–Crippen MR) is 63.2 cm³/mol. The summed E-state index contributed by atoms with van der Waals surface area (Å²) in [5.41, 5.74) is 0. The van der Waals surface area contributed by atoms with E-state index in [-0.39, 0.29) is 11.8 Å². The fourth-order valence-corrected chi connectivity index (χ4v) is 2.08. The Labute approximate surface area is 97.4 Å². The van der Waals surface area contributed by atoms with Crippen LogP contribution in [-0.2, 0) is 4.79 Å². The molecular formula is C11H21ClN2O. The van der Waals surface area contributed by atoms with Crippen molar-refractivity contribution in [1.82, 2.24) is 9.80 Å². The van der Waals surface area contributed by atoms with Crippen LogP contribution in [0.2, 0.25) is 0 Å². The van der Waals surface area contributed by atoms with E-state index in [9.17, 15) is 4.79 Å². The minimum Gasteiger partial charge on any atom is -0.341 e. The van der Waals surface area contributed by atoms with Crippen molar-refractivity contribution >= 4 is 17.5 Å². The van der Waals surface area contributed by atoms with Crippen molar-refractivity contribution in [2.75, 3.05) is 32.6 Å². The number of likely N-dealkylation sites (tertiary alicyclic amines) is 1. The first-order chi connectivity index (χ1) is 7.04. The molecular weight excluding hydrogens is 212 g/mol.